The summed E-state index contributed by atoms with van der Waals surface area (Å²) < 4.78 is 42.3. The van der Waals surface area contributed by atoms with Crippen molar-refractivity contribution in [2.24, 2.45) is 0 Å². The molecule has 8 heteroatoms. The van der Waals surface area contributed by atoms with Gasteiger partial charge in [-0.25, -0.2) is 0 Å². The highest BCUT2D eigenvalue weighted by Gasteiger charge is 2.27. The first-order valence-corrected chi connectivity index (χ1v) is 7.77. The van der Waals surface area contributed by atoms with E-state index in [4.69, 9.17) is 0 Å². The van der Waals surface area contributed by atoms with Crippen LogP contribution in [0.3, 0.4) is 0 Å². The predicted octanol–water partition coefficient (Wildman–Crippen LogP) is 2.86. The average Bonchev–Trinajstić information content (AvgIpc) is 2.82. The molecule has 0 atom stereocenters. The van der Waals surface area contributed by atoms with Gasteiger partial charge >= 0.3 is 6.18 Å². The molecule has 5 nitrogen and oxygen atoms in total. The van der Waals surface area contributed by atoms with Gasteiger partial charge in [0.15, 0.2) is 0 Å². The van der Waals surface area contributed by atoms with E-state index in [9.17, 15) is 18.0 Å². The number of carbonyl (C=O) groups excluding carboxylic acids is 1. The summed E-state index contributed by atoms with van der Waals surface area (Å²) >= 11 is 0. The van der Waals surface area contributed by atoms with Crippen molar-refractivity contribution in [3.63, 3.8) is 0 Å². The fraction of sp³-hybridized carbons (Fsp3) is 0.412. The number of ether oxygens (including phenoxy) is 1. The fourth-order valence-corrected chi connectivity index (χ4v) is 2.45. The van der Waals surface area contributed by atoms with Crippen LogP contribution in [0.5, 0.6) is 0 Å². The number of halogens is 3. The zero-order chi connectivity index (χ0) is 18.4. The lowest BCUT2D eigenvalue weighted by atomic mass is 10.2. The Balaban J connectivity index is 1.93. The molecule has 0 saturated carbocycles. The summed E-state index contributed by atoms with van der Waals surface area (Å²) in [5.74, 6) is -0.337. The predicted molar refractivity (Wildman–Crippen MR) is 86.5 cm³/mol. The lowest BCUT2D eigenvalue weighted by molar-refractivity contribution is -0.173. The summed E-state index contributed by atoms with van der Waals surface area (Å²) in [6, 6.07) is 7.38. The van der Waals surface area contributed by atoms with Gasteiger partial charge in [0.25, 0.3) is 5.91 Å². The van der Waals surface area contributed by atoms with Crippen molar-refractivity contribution in [3.05, 3.63) is 53.1 Å². The summed E-state index contributed by atoms with van der Waals surface area (Å²) in [5, 5.41) is 2.57. The van der Waals surface area contributed by atoms with Gasteiger partial charge in [0.1, 0.15) is 6.61 Å². The Labute approximate surface area is 143 Å². The van der Waals surface area contributed by atoms with Crippen molar-refractivity contribution < 1.29 is 22.7 Å². The number of nitrogens with one attached hydrogen (secondary N) is 1. The Morgan fingerprint density at radius 1 is 1.32 bits per heavy atom. The minimum atomic E-state index is -4.36. The van der Waals surface area contributed by atoms with Crippen LogP contribution in [-0.2, 0) is 11.3 Å². The summed E-state index contributed by atoms with van der Waals surface area (Å²) in [6.07, 6.45) is -2.65. The Morgan fingerprint density at radius 3 is 2.72 bits per heavy atom. The number of aromatic nitrogens is 2. The molecule has 2 rings (SSSR count). The number of aryl methyl sites for hydroxylation is 1. The highest BCUT2D eigenvalue weighted by molar-refractivity contribution is 5.95. The van der Waals surface area contributed by atoms with Gasteiger partial charge < -0.3 is 14.6 Å². The van der Waals surface area contributed by atoms with Crippen LogP contribution in [-0.4, -0.2) is 41.4 Å². The summed E-state index contributed by atoms with van der Waals surface area (Å²) in [4.78, 5) is 16.5. The standard InChI is InChI=1S/C17H20F3N3O2/c1-12-9-15(16(24)22-7-8-25-11-17(18,19)20)13(2)23(12)10-14-5-3-4-6-21-14/h3-6,9H,7-8,10-11H2,1-2H3,(H,22,24). The largest absolute Gasteiger partial charge is 0.411 e. The molecule has 0 aliphatic carbocycles. The Morgan fingerprint density at radius 2 is 2.08 bits per heavy atom. The van der Waals surface area contributed by atoms with E-state index in [-0.39, 0.29) is 19.1 Å². The third-order valence-electron chi connectivity index (χ3n) is 3.66. The maximum absolute atomic E-state index is 12.2. The summed E-state index contributed by atoms with van der Waals surface area (Å²) in [7, 11) is 0. The number of hydrogen-bond acceptors (Lipinski definition) is 3. The van der Waals surface area contributed by atoms with Gasteiger partial charge in [-0.05, 0) is 32.0 Å². The fourth-order valence-electron chi connectivity index (χ4n) is 2.45. The smallest absolute Gasteiger partial charge is 0.370 e. The van der Waals surface area contributed by atoms with E-state index in [0.29, 0.717) is 12.1 Å². The van der Waals surface area contributed by atoms with Crippen LogP contribution in [0.1, 0.15) is 27.4 Å². The highest BCUT2D eigenvalue weighted by atomic mass is 19.4. The molecule has 1 amide bonds. The van der Waals surface area contributed by atoms with Gasteiger partial charge in [-0.1, -0.05) is 6.07 Å². The number of hydrogen-bond donors (Lipinski definition) is 1. The van der Waals surface area contributed by atoms with Gasteiger partial charge in [-0.3, -0.25) is 9.78 Å². The van der Waals surface area contributed by atoms with Crippen molar-refractivity contribution in [2.75, 3.05) is 19.8 Å². The van der Waals surface area contributed by atoms with E-state index < -0.39 is 12.8 Å². The third kappa shape index (κ3) is 5.60. The summed E-state index contributed by atoms with van der Waals surface area (Å²) in [6.45, 7) is 2.75. The van der Waals surface area contributed by atoms with Crippen LogP contribution in [0.4, 0.5) is 13.2 Å². The molecule has 0 fully saturated rings. The van der Waals surface area contributed by atoms with Gasteiger partial charge in [0.05, 0.1) is 24.4 Å². The van der Waals surface area contributed by atoms with Crippen molar-refractivity contribution in [1.82, 2.24) is 14.9 Å². The van der Waals surface area contributed by atoms with Crippen LogP contribution in [0, 0.1) is 13.8 Å². The molecule has 0 aliphatic rings. The van der Waals surface area contributed by atoms with Crippen molar-refractivity contribution >= 4 is 5.91 Å². The number of alkyl halides is 3. The molecule has 2 aromatic heterocycles. The first-order chi connectivity index (χ1) is 11.8. The van der Waals surface area contributed by atoms with Crippen molar-refractivity contribution in [1.29, 1.82) is 0 Å². The second kappa shape index (κ2) is 8.15. The second-order valence-corrected chi connectivity index (χ2v) is 5.62. The van der Waals surface area contributed by atoms with Gasteiger partial charge in [0, 0.05) is 24.1 Å². The van der Waals surface area contributed by atoms with Crippen molar-refractivity contribution in [3.8, 4) is 0 Å². The maximum atomic E-state index is 12.2. The summed E-state index contributed by atoms with van der Waals surface area (Å²) in [5.41, 5.74) is 3.04. The lowest BCUT2D eigenvalue weighted by Crippen LogP contribution is -2.29. The van der Waals surface area contributed by atoms with E-state index in [1.165, 1.54) is 0 Å². The zero-order valence-corrected chi connectivity index (χ0v) is 14.1. The number of rotatable bonds is 7. The molecule has 1 N–H and O–H groups in total. The molecule has 136 valence electrons. The molecule has 0 bridgehead atoms. The topological polar surface area (TPSA) is 56.1 Å². The van der Waals surface area contributed by atoms with E-state index in [1.807, 2.05) is 36.6 Å². The molecule has 0 spiro atoms. The van der Waals surface area contributed by atoms with Gasteiger partial charge in [-0.15, -0.1) is 0 Å². The number of nitrogens with zero attached hydrogens (tertiary/aromatic N) is 2. The normalized spacial score (nSPS) is 11.6. The van der Waals surface area contributed by atoms with Gasteiger partial charge in [-0.2, -0.15) is 13.2 Å². The molecule has 0 radical (unpaired) electrons. The Hall–Kier alpha value is -2.35. The van der Waals surface area contributed by atoms with Crippen LogP contribution in [0.15, 0.2) is 30.5 Å². The Kier molecular flexibility index (Phi) is 6.19. The maximum Gasteiger partial charge on any atom is 0.411 e. The molecule has 0 saturated heterocycles. The number of pyridine rings is 1. The quantitative estimate of drug-likeness (QED) is 0.777. The van der Waals surface area contributed by atoms with Crippen LogP contribution < -0.4 is 5.32 Å². The minimum absolute atomic E-state index is 0.0127. The SMILES string of the molecule is Cc1cc(C(=O)NCCOCC(F)(F)F)c(C)n1Cc1ccccn1. The molecule has 0 aliphatic heterocycles. The monoisotopic (exact) mass is 355 g/mol. The molecule has 25 heavy (non-hydrogen) atoms. The molecular weight excluding hydrogens is 335 g/mol. The number of carbonyl (C=O) groups is 1. The minimum Gasteiger partial charge on any atom is -0.370 e. The van der Waals surface area contributed by atoms with E-state index in [2.05, 4.69) is 15.0 Å². The van der Waals surface area contributed by atoms with E-state index in [1.54, 1.807) is 12.3 Å². The second-order valence-electron chi connectivity index (χ2n) is 5.62. The average molecular weight is 355 g/mol. The molecule has 2 heterocycles. The molecular formula is C17H20F3N3O2. The van der Waals surface area contributed by atoms with Gasteiger partial charge in [0.2, 0.25) is 0 Å². The lowest BCUT2D eigenvalue weighted by Gasteiger charge is -2.10. The molecule has 2 aromatic rings. The van der Waals surface area contributed by atoms with Crippen LogP contribution >= 0.6 is 0 Å². The van der Waals surface area contributed by atoms with E-state index >= 15 is 0 Å². The molecule has 0 aromatic carbocycles. The van der Waals surface area contributed by atoms with Crippen LogP contribution in [0.2, 0.25) is 0 Å². The van der Waals surface area contributed by atoms with Crippen molar-refractivity contribution in [2.45, 2.75) is 26.6 Å². The molecule has 0 unspecified atom stereocenters. The first-order valence-electron chi connectivity index (χ1n) is 7.77. The number of amides is 1. The Bertz CT molecular complexity index is 712. The third-order valence-corrected chi connectivity index (χ3v) is 3.66. The van der Waals surface area contributed by atoms with E-state index in [0.717, 1.165) is 17.1 Å². The highest BCUT2D eigenvalue weighted by Crippen LogP contribution is 2.17. The first kappa shape index (κ1) is 19.0. The zero-order valence-electron chi connectivity index (χ0n) is 14.1. The van der Waals surface area contributed by atoms with Crippen LogP contribution in [0.25, 0.3) is 0 Å².